The van der Waals surface area contributed by atoms with Gasteiger partial charge in [-0.05, 0) is 48.7 Å². The molecule has 1 atom stereocenters. The van der Waals surface area contributed by atoms with Crippen LogP contribution in [0.2, 0.25) is 0 Å². The number of amides is 2. The molecule has 0 bridgehead atoms. The molecule has 1 fully saturated rings. The molecule has 1 saturated heterocycles. The van der Waals surface area contributed by atoms with Gasteiger partial charge in [-0.2, -0.15) is 5.10 Å². The molecule has 4 rings (SSSR count). The van der Waals surface area contributed by atoms with Crippen molar-refractivity contribution in [1.82, 2.24) is 14.7 Å². The van der Waals surface area contributed by atoms with Crippen LogP contribution in [0.3, 0.4) is 0 Å². The topological polar surface area (TPSA) is 127 Å². The van der Waals surface area contributed by atoms with E-state index in [1.165, 1.54) is 24.3 Å². The molecular weight excluding hydrogens is 442 g/mol. The summed E-state index contributed by atoms with van der Waals surface area (Å²) in [6.45, 7) is 0.928. The molecule has 172 valence electrons. The van der Waals surface area contributed by atoms with Gasteiger partial charge in [-0.1, -0.05) is 30.3 Å². The van der Waals surface area contributed by atoms with Crippen LogP contribution in [0.25, 0.3) is 0 Å². The lowest BCUT2D eigenvalue weighted by molar-refractivity contribution is -0.136. The van der Waals surface area contributed by atoms with Crippen LogP contribution >= 0.6 is 0 Å². The van der Waals surface area contributed by atoms with Crippen LogP contribution in [0, 0.1) is 5.92 Å². The van der Waals surface area contributed by atoms with Crippen LogP contribution in [-0.2, 0) is 19.6 Å². The third-order valence-electron chi connectivity index (χ3n) is 5.77. The molecule has 0 saturated carbocycles. The maximum atomic E-state index is 13.4. The van der Waals surface area contributed by atoms with Gasteiger partial charge in [0.2, 0.25) is 15.9 Å². The zero-order valence-electron chi connectivity index (χ0n) is 17.9. The molecule has 1 aliphatic rings. The van der Waals surface area contributed by atoms with Gasteiger partial charge in [0.25, 0.3) is 5.91 Å². The van der Waals surface area contributed by atoms with E-state index in [1.54, 1.807) is 28.0 Å². The molecule has 2 amide bonds. The highest BCUT2D eigenvalue weighted by Gasteiger charge is 2.32. The van der Waals surface area contributed by atoms with E-state index in [1.807, 2.05) is 30.3 Å². The van der Waals surface area contributed by atoms with Crippen LogP contribution < -0.4 is 10.5 Å². The quantitative estimate of drug-likeness (QED) is 0.573. The molecule has 0 radical (unpaired) electrons. The fourth-order valence-electron chi connectivity index (χ4n) is 3.98. The van der Waals surface area contributed by atoms with Gasteiger partial charge >= 0.3 is 0 Å². The number of aromatic nitrogens is 2. The maximum absolute atomic E-state index is 13.4. The first-order chi connectivity index (χ1) is 15.8. The number of nitrogens with zero attached hydrogens (tertiary/aromatic N) is 3. The lowest BCUT2D eigenvalue weighted by Crippen LogP contribution is -2.44. The minimum Gasteiger partial charge on any atom is -0.340 e. The molecule has 3 N–H and O–H groups in total. The first-order valence-corrected chi connectivity index (χ1v) is 12.1. The molecule has 0 aliphatic carbocycles. The van der Waals surface area contributed by atoms with E-state index in [4.69, 9.17) is 5.14 Å². The van der Waals surface area contributed by atoms with Gasteiger partial charge in [0, 0.05) is 37.1 Å². The number of hydrogen-bond donors (Lipinski definition) is 2. The number of nitrogens with one attached hydrogen (secondary N) is 1. The van der Waals surface area contributed by atoms with E-state index in [9.17, 15) is 18.0 Å². The molecule has 33 heavy (non-hydrogen) atoms. The average molecular weight is 468 g/mol. The SMILES string of the molecule is NS(=O)(=O)c1ccc(NC(=O)C2CCN(C(=O)C(c3ccccc3)n3cccn3)CC2)cc1. The van der Waals surface area contributed by atoms with Crippen molar-refractivity contribution in [3.05, 3.63) is 78.6 Å². The summed E-state index contributed by atoms with van der Waals surface area (Å²) in [5.41, 5.74) is 1.35. The number of hydrogen-bond acceptors (Lipinski definition) is 5. The Hall–Kier alpha value is -3.50. The minimum absolute atomic E-state index is 0.0162. The van der Waals surface area contributed by atoms with E-state index >= 15 is 0 Å². The normalized spacial score (nSPS) is 15.7. The van der Waals surface area contributed by atoms with Crippen LogP contribution in [0.4, 0.5) is 5.69 Å². The number of anilines is 1. The molecule has 1 aliphatic heterocycles. The smallest absolute Gasteiger partial charge is 0.252 e. The lowest BCUT2D eigenvalue weighted by Gasteiger charge is -2.34. The number of rotatable bonds is 6. The van der Waals surface area contributed by atoms with Crippen LogP contribution in [0.1, 0.15) is 24.4 Å². The highest BCUT2D eigenvalue weighted by atomic mass is 32.2. The van der Waals surface area contributed by atoms with Gasteiger partial charge in [0.15, 0.2) is 6.04 Å². The third kappa shape index (κ3) is 5.29. The van der Waals surface area contributed by atoms with E-state index in [0.29, 0.717) is 31.6 Å². The zero-order valence-corrected chi connectivity index (χ0v) is 18.7. The van der Waals surface area contributed by atoms with Crippen molar-refractivity contribution in [2.24, 2.45) is 11.1 Å². The standard InChI is InChI=1S/C23H25N5O4S/c24-33(31,32)20-9-7-19(8-10-20)26-22(29)18-11-15-27(16-12-18)23(30)21(28-14-4-13-25-28)17-5-2-1-3-6-17/h1-10,13-14,18,21H,11-12,15-16H2,(H,26,29)(H2,24,31,32). The number of carbonyl (C=O) groups excluding carboxylic acids is 2. The Bertz CT molecular complexity index is 1200. The average Bonchev–Trinajstić information content (AvgIpc) is 3.34. The van der Waals surface area contributed by atoms with Crippen molar-refractivity contribution in [2.45, 2.75) is 23.8 Å². The Kier molecular flexibility index (Phi) is 6.57. The number of sulfonamides is 1. The van der Waals surface area contributed by atoms with Crippen molar-refractivity contribution < 1.29 is 18.0 Å². The van der Waals surface area contributed by atoms with Crippen molar-refractivity contribution in [3.8, 4) is 0 Å². The van der Waals surface area contributed by atoms with E-state index < -0.39 is 16.1 Å². The number of piperidine rings is 1. The molecule has 2 heterocycles. The molecule has 2 aromatic carbocycles. The van der Waals surface area contributed by atoms with Crippen molar-refractivity contribution >= 4 is 27.5 Å². The van der Waals surface area contributed by atoms with Gasteiger partial charge in [0.05, 0.1) is 4.90 Å². The summed E-state index contributed by atoms with van der Waals surface area (Å²) < 4.78 is 24.4. The van der Waals surface area contributed by atoms with Gasteiger partial charge < -0.3 is 10.2 Å². The fraction of sp³-hybridized carbons (Fsp3) is 0.261. The third-order valence-corrected chi connectivity index (χ3v) is 6.70. The van der Waals surface area contributed by atoms with Crippen LogP contribution in [-0.4, -0.2) is 48.0 Å². The van der Waals surface area contributed by atoms with Crippen LogP contribution in [0.15, 0.2) is 78.0 Å². The molecule has 1 aromatic heterocycles. The fourth-order valence-corrected chi connectivity index (χ4v) is 4.50. The minimum atomic E-state index is -3.78. The lowest BCUT2D eigenvalue weighted by atomic mass is 9.94. The Labute approximate surface area is 192 Å². The van der Waals surface area contributed by atoms with Crippen molar-refractivity contribution in [3.63, 3.8) is 0 Å². The molecular formula is C23H25N5O4S. The Morgan fingerprint density at radius 3 is 2.24 bits per heavy atom. The summed E-state index contributed by atoms with van der Waals surface area (Å²) >= 11 is 0. The highest BCUT2D eigenvalue weighted by Crippen LogP contribution is 2.25. The number of carbonyl (C=O) groups is 2. The largest absolute Gasteiger partial charge is 0.340 e. The van der Waals surface area contributed by atoms with E-state index in [-0.39, 0.29) is 22.6 Å². The number of benzene rings is 2. The van der Waals surface area contributed by atoms with Gasteiger partial charge in [-0.3, -0.25) is 14.3 Å². The molecule has 10 heteroatoms. The van der Waals surface area contributed by atoms with Crippen LogP contribution in [0.5, 0.6) is 0 Å². The monoisotopic (exact) mass is 467 g/mol. The zero-order chi connectivity index (χ0) is 23.4. The summed E-state index contributed by atoms with van der Waals surface area (Å²) in [7, 11) is -3.78. The van der Waals surface area contributed by atoms with E-state index in [2.05, 4.69) is 10.4 Å². The second-order valence-corrected chi connectivity index (χ2v) is 9.52. The summed E-state index contributed by atoms with van der Waals surface area (Å²) in [5, 5.41) is 12.2. The predicted octanol–water partition coefficient (Wildman–Crippen LogP) is 2.00. The van der Waals surface area contributed by atoms with Crippen molar-refractivity contribution in [2.75, 3.05) is 18.4 Å². The summed E-state index contributed by atoms with van der Waals surface area (Å²) in [6.07, 6.45) is 4.49. The molecule has 9 nitrogen and oxygen atoms in total. The Morgan fingerprint density at radius 2 is 1.67 bits per heavy atom. The number of likely N-dealkylation sites (tertiary alicyclic amines) is 1. The van der Waals surface area contributed by atoms with Gasteiger partial charge in [-0.25, -0.2) is 13.6 Å². The Balaban J connectivity index is 1.38. The molecule has 0 spiro atoms. The second-order valence-electron chi connectivity index (χ2n) is 7.96. The van der Waals surface area contributed by atoms with E-state index in [0.717, 1.165) is 5.56 Å². The number of nitrogens with two attached hydrogens (primary N) is 1. The summed E-state index contributed by atoms with van der Waals surface area (Å²) in [5.74, 6) is -0.452. The Morgan fingerprint density at radius 1 is 1.00 bits per heavy atom. The maximum Gasteiger partial charge on any atom is 0.252 e. The van der Waals surface area contributed by atoms with Crippen molar-refractivity contribution in [1.29, 1.82) is 0 Å². The summed E-state index contributed by atoms with van der Waals surface area (Å²) in [4.78, 5) is 27.8. The molecule has 3 aromatic rings. The first-order valence-electron chi connectivity index (χ1n) is 10.6. The number of primary sulfonamides is 1. The second kappa shape index (κ2) is 9.55. The van der Waals surface area contributed by atoms with Gasteiger partial charge in [0.1, 0.15) is 0 Å². The van der Waals surface area contributed by atoms with Gasteiger partial charge in [-0.15, -0.1) is 0 Å². The first kappa shape index (κ1) is 22.7. The summed E-state index contributed by atoms with van der Waals surface area (Å²) in [6, 6.07) is 16.5. The highest BCUT2D eigenvalue weighted by molar-refractivity contribution is 7.89. The molecule has 1 unspecified atom stereocenters. The predicted molar refractivity (Wildman–Crippen MR) is 123 cm³/mol.